The summed E-state index contributed by atoms with van der Waals surface area (Å²) < 4.78 is 0. The summed E-state index contributed by atoms with van der Waals surface area (Å²) in [6, 6.07) is 0. The monoisotopic (exact) mass is 168 g/mol. The molecule has 0 spiro atoms. The van der Waals surface area contributed by atoms with Crippen molar-refractivity contribution in [3.63, 3.8) is 0 Å². The molecule has 0 aromatic heterocycles. The van der Waals surface area contributed by atoms with Gasteiger partial charge < -0.3 is 5.11 Å². The van der Waals surface area contributed by atoms with Crippen molar-refractivity contribution < 1.29 is 5.11 Å². The van der Waals surface area contributed by atoms with Crippen LogP contribution in [0.4, 0.5) is 0 Å². The first-order valence-electron chi connectivity index (χ1n) is 4.74. The van der Waals surface area contributed by atoms with Crippen molar-refractivity contribution in [1.82, 2.24) is 0 Å². The highest BCUT2D eigenvalue weighted by molar-refractivity contribution is 5.15. The summed E-state index contributed by atoms with van der Waals surface area (Å²) >= 11 is 0. The molecule has 0 aromatic carbocycles. The summed E-state index contributed by atoms with van der Waals surface area (Å²) in [6.45, 7) is 8.07. The van der Waals surface area contributed by atoms with E-state index in [9.17, 15) is 5.11 Å². The lowest BCUT2D eigenvalue weighted by Crippen LogP contribution is -2.00. The van der Waals surface area contributed by atoms with Gasteiger partial charge in [-0.25, -0.2) is 0 Å². The Labute approximate surface area is 75.8 Å². The van der Waals surface area contributed by atoms with Crippen LogP contribution in [0.2, 0.25) is 0 Å². The number of aliphatic hydroxyl groups is 1. The second-order valence-corrected chi connectivity index (χ2v) is 3.12. The third kappa shape index (κ3) is 6.17. The Morgan fingerprint density at radius 3 is 2.58 bits per heavy atom. The summed E-state index contributed by atoms with van der Waals surface area (Å²) in [5.41, 5.74) is 1.10. The Balaban J connectivity index is 3.65. The highest BCUT2D eigenvalue weighted by atomic mass is 16.3. The Bertz CT molecular complexity index is 147. The van der Waals surface area contributed by atoms with Gasteiger partial charge in [0.05, 0.1) is 6.10 Å². The topological polar surface area (TPSA) is 20.2 Å². The first-order chi connectivity index (χ1) is 5.70. The van der Waals surface area contributed by atoms with Gasteiger partial charge in [0.1, 0.15) is 0 Å². The molecule has 0 radical (unpaired) electrons. The summed E-state index contributed by atoms with van der Waals surface area (Å²) in [4.78, 5) is 0. The second kappa shape index (κ2) is 7.11. The zero-order valence-corrected chi connectivity index (χ0v) is 8.21. The SMILES string of the molecule is C=C(/C=C\C(O)CCC)CCC. The van der Waals surface area contributed by atoms with E-state index < -0.39 is 0 Å². The van der Waals surface area contributed by atoms with E-state index in [0.717, 1.165) is 31.3 Å². The molecule has 1 N–H and O–H groups in total. The van der Waals surface area contributed by atoms with Crippen LogP contribution in [0, 0.1) is 0 Å². The number of rotatable bonds is 6. The normalized spacial score (nSPS) is 13.6. The van der Waals surface area contributed by atoms with Crippen LogP contribution in [0.25, 0.3) is 0 Å². The van der Waals surface area contributed by atoms with Crippen molar-refractivity contribution in [2.45, 2.75) is 45.6 Å². The van der Waals surface area contributed by atoms with E-state index in [4.69, 9.17) is 0 Å². The van der Waals surface area contributed by atoms with E-state index in [1.807, 2.05) is 12.2 Å². The highest BCUT2D eigenvalue weighted by Crippen LogP contribution is 2.05. The maximum atomic E-state index is 9.34. The average Bonchev–Trinajstić information content (AvgIpc) is 2.02. The third-order valence-electron chi connectivity index (χ3n) is 1.71. The van der Waals surface area contributed by atoms with E-state index in [-0.39, 0.29) is 6.10 Å². The molecule has 12 heavy (non-hydrogen) atoms. The number of hydrogen-bond donors (Lipinski definition) is 1. The molecule has 1 unspecified atom stereocenters. The van der Waals surface area contributed by atoms with E-state index in [0.29, 0.717) is 0 Å². The third-order valence-corrected chi connectivity index (χ3v) is 1.71. The standard InChI is InChI=1S/C11H20O/c1-4-6-10(3)8-9-11(12)7-5-2/h8-9,11-12H,3-7H2,1-2H3/b9-8-. The fraction of sp³-hybridized carbons (Fsp3) is 0.636. The number of hydrogen-bond acceptors (Lipinski definition) is 1. The Morgan fingerprint density at radius 2 is 2.08 bits per heavy atom. The van der Waals surface area contributed by atoms with Crippen molar-refractivity contribution >= 4 is 0 Å². The molecule has 0 amide bonds. The van der Waals surface area contributed by atoms with Crippen molar-refractivity contribution in [2.24, 2.45) is 0 Å². The smallest absolute Gasteiger partial charge is 0.0723 e. The molecule has 0 rings (SSSR count). The molecule has 0 heterocycles. The molecular formula is C11H20O. The fourth-order valence-corrected chi connectivity index (χ4v) is 1.04. The van der Waals surface area contributed by atoms with Gasteiger partial charge in [0.2, 0.25) is 0 Å². The van der Waals surface area contributed by atoms with Crippen molar-refractivity contribution in [2.75, 3.05) is 0 Å². The van der Waals surface area contributed by atoms with Gasteiger partial charge in [0, 0.05) is 0 Å². The van der Waals surface area contributed by atoms with Crippen LogP contribution in [0.15, 0.2) is 24.3 Å². The molecular weight excluding hydrogens is 148 g/mol. The molecule has 0 aliphatic heterocycles. The van der Waals surface area contributed by atoms with Gasteiger partial charge in [-0.2, -0.15) is 0 Å². The molecule has 0 aliphatic carbocycles. The fourth-order valence-electron chi connectivity index (χ4n) is 1.04. The molecule has 0 bridgehead atoms. The Kier molecular flexibility index (Phi) is 6.78. The van der Waals surface area contributed by atoms with Gasteiger partial charge in [0.15, 0.2) is 0 Å². The second-order valence-electron chi connectivity index (χ2n) is 3.12. The number of aliphatic hydroxyl groups excluding tert-OH is 1. The van der Waals surface area contributed by atoms with Crippen LogP contribution < -0.4 is 0 Å². The lowest BCUT2D eigenvalue weighted by Gasteiger charge is -2.02. The van der Waals surface area contributed by atoms with Crippen molar-refractivity contribution in [1.29, 1.82) is 0 Å². The summed E-state index contributed by atoms with van der Waals surface area (Å²) in [6.07, 6.45) is 7.48. The van der Waals surface area contributed by atoms with E-state index in [1.54, 1.807) is 0 Å². The molecule has 0 aromatic rings. The predicted octanol–water partition coefficient (Wildman–Crippen LogP) is 3.06. The molecule has 0 saturated carbocycles. The van der Waals surface area contributed by atoms with Gasteiger partial charge >= 0.3 is 0 Å². The summed E-state index contributed by atoms with van der Waals surface area (Å²) in [7, 11) is 0. The van der Waals surface area contributed by atoms with Crippen LogP contribution in [0.5, 0.6) is 0 Å². The Morgan fingerprint density at radius 1 is 1.42 bits per heavy atom. The molecule has 1 atom stereocenters. The molecule has 0 saturated heterocycles. The van der Waals surface area contributed by atoms with Gasteiger partial charge in [-0.05, 0) is 12.8 Å². The molecule has 0 aliphatic rings. The predicted molar refractivity (Wildman–Crippen MR) is 54.1 cm³/mol. The van der Waals surface area contributed by atoms with Gasteiger partial charge in [-0.1, -0.05) is 51.0 Å². The Hall–Kier alpha value is -0.560. The van der Waals surface area contributed by atoms with Crippen LogP contribution in [-0.4, -0.2) is 11.2 Å². The van der Waals surface area contributed by atoms with Crippen LogP contribution in [0.3, 0.4) is 0 Å². The minimum Gasteiger partial charge on any atom is -0.389 e. The van der Waals surface area contributed by atoms with Gasteiger partial charge in [0.25, 0.3) is 0 Å². The quantitative estimate of drug-likeness (QED) is 0.604. The highest BCUT2D eigenvalue weighted by Gasteiger charge is 1.95. The first-order valence-corrected chi connectivity index (χ1v) is 4.74. The average molecular weight is 168 g/mol. The summed E-state index contributed by atoms with van der Waals surface area (Å²) in [5.74, 6) is 0. The van der Waals surface area contributed by atoms with Crippen LogP contribution in [0.1, 0.15) is 39.5 Å². The first kappa shape index (κ1) is 11.4. The van der Waals surface area contributed by atoms with Crippen molar-refractivity contribution in [3.05, 3.63) is 24.3 Å². The van der Waals surface area contributed by atoms with E-state index in [2.05, 4.69) is 20.4 Å². The van der Waals surface area contributed by atoms with Crippen molar-refractivity contribution in [3.8, 4) is 0 Å². The molecule has 1 heteroatoms. The van der Waals surface area contributed by atoms with Crippen LogP contribution in [-0.2, 0) is 0 Å². The zero-order chi connectivity index (χ0) is 9.40. The molecule has 70 valence electrons. The largest absolute Gasteiger partial charge is 0.389 e. The van der Waals surface area contributed by atoms with Crippen LogP contribution >= 0.6 is 0 Å². The zero-order valence-electron chi connectivity index (χ0n) is 8.21. The van der Waals surface area contributed by atoms with Gasteiger partial charge in [-0.3, -0.25) is 0 Å². The lowest BCUT2D eigenvalue weighted by atomic mass is 10.1. The molecule has 1 nitrogen and oxygen atoms in total. The van der Waals surface area contributed by atoms with E-state index >= 15 is 0 Å². The maximum Gasteiger partial charge on any atom is 0.0723 e. The minimum atomic E-state index is -0.288. The maximum absolute atomic E-state index is 9.34. The molecule has 0 fully saturated rings. The minimum absolute atomic E-state index is 0.288. The number of allylic oxidation sites excluding steroid dienone is 2. The van der Waals surface area contributed by atoms with E-state index in [1.165, 1.54) is 0 Å². The van der Waals surface area contributed by atoms with Gasteiger partial charge in [-0.15, -0.1) is 0 Å². The summed E-state index contributed by atoms with van der Waals surface area (Å²) in [5, 5.41) is 9.34. The lowest BCUT2D eigenvalue weighted by molar-refractivity contribution is 0.211.